The number of nitrogens with two attached hydrogens (primary N) is 1. The quantitative estimate of drug-likeness (QED) is 0.149. The molecule has 1 aromatic carbocycles. The number of fused-ring (bicyclic) bond motifs is 1. The Morgan fingerprint density at radius 2 is 2.08 bits per heavy atom. The molecule has 3 heterocycles. The standard InChI is InChI=1S/C23H26N6O9/c24-7-4-8-33-12-34-13-37-19-18(31)15(9-36-16(30)10-35-14-5-2-1-3-6-14)38-22(19)29-11-26-17-20(29)27-23(25)28-21(17)32/h1-3,5-6,11,15,18-19,22,31H,4,8-10,12-13H2,(H3,25,27,28,32)/t15-,18-,19-,22-/m1/s1. The zero-order valence-electron chi connectivity index (χ0n) is 20.1. The largest absolute Gasteiger partial charge is 0.482 e. The van der Waals surface area contributed by atoms with Crippen molar-refractivity contribution in [3.8, 4) is 11.8 Å². The van der Waals surface area contributed by atoms with Crippen LogP contribution in [0.15, 0.2) is 41.5 Å². The van der Waals surface area contributed by atoms with Crippen LogP contribution in [0.4, 0.5) is 5.95 Å². The maximum atomic E-state index is 12.2. The summed E-state index contributed by atoms with van der Waals surface area (Å²) in [5, 5.41) is 19.5. The number of hydrogen-bond acceptors (Lipinski definition) is 13. The van der Waals surface area contributed by atoms with E-state index in [0.29, 0.717) is 5.75 Å². The van der Waals surface area contributed by atoms with E-state index in [-0.39, 0.29) is 56.9 Å². The number of carbonyl (C=O) groups excluding carboxylic acids is 1. The van der Waals surface area contributed by atoms with Gasteiger partial charge in [-0.05, 0) is 12.1 Å². The SMILES string of the molecule is N#CCCOCOCO[C@@H]1[C@H](O)[C@@H](COC(=O)COc2ccccc2)O[C@H]1n1cnc2c(=O)[nH]c(N)nc21. The summed E-state index contributed by atoms with van der Waals surface area (Å²) in [5.41, 5.74) is 5.25. The summed E-state index contributed by atoms with van der Waals surface area (Å²) in [6, 6.07) is 10.7. The third-order valence-electron chi connectivity index (χ3n) is 5.41. The van der Waals surface area contributed by atoms with E-state index in [0.717, 1.165) is 0 Å². The highest BCUT2D eigenvalue weighted by Gasteiger charge is 2.47. The third kappa shape index (κ3) is 6.62. The number of nitrogen functional groups attached to an aromatic ring is 1. The predicted octanol–water partition coefficient (Wildman–Crippen LogP) is -0.171. The molecule has 1 aliphatic heterocycles. The van der Waals surface area contributed by atoms with Crippen molar-refractivity contribution in [3.05, 3.63) is 47.0 Å². The number of anilines is 1. The Morgan fingerprint density at radius 3 is 2.87 bits per heavy atom. The molecule has 1 saturated heterocycles. The van der Waals surface area contributed by atoms with Crippen LogP contribution in [0.1, 0.15) is 12.6 Å². The maximum absolute atomic E-state index is 12.2. The Labute approximate surface area is 215 Å². The van der Waals surface area contributed by atoms with Crippen molar-refractivity contribution < 1.29 is 38.3 Å². The zero-order valence-corrected chi connectivity index (χ0v) is 20.1. The van der Waals surface area contributed by atoms with E-state index >= 15 is 0 Å². The molecule has 0 bridgehead atoms. The zero-order chi connectivity index (χ0) is 26.9. The smallest absolute Gasteiger partial charge is 0.344 e. The van der Waals surface area contributed by atoms with E-state index < -0.39 is 36.1 Å². The van der Waals surface area contributed by atoms with Gasteiger partial charge in [0.1, 0.15) is 44.3 Å². The van der Waals surface area contributed by atoms with Gasteiger partial charge in [-0.15, -0.1) is 0 Å². The molecule has 4 rings (SSSR count). The highest BCUT2D eigenvalue weighted by Crippen LogP contribution is 2.33. The van der Waals surface area contributed by atoms with Gasteiger partial charge in [-0.1, -0.05) is 18.2 Å². The molecule has 38 heavy (non-hydrogen) atoms. The lowest BCUT2D eigenvalue weighted by atomic mass is 10.1. The number of rotatable bonds is 13. The number of nitriles is 1. The molecule has 0 aliphatic carbocycles. The minimum atomic E-state index is -1.28. The van der Waals surface area contributed by atoms with Crippen molar-refractivity contribution >= 4 is 23.1 Å². The van der Waals surface area contributed by atoms with Gasteiger partial charge >= 0.3 is 5.97 Å². The summed E-state index contributed by atoms with van der Waals surface area (Å²) < 4.78 is 34.0. The lowest BCUT2D eigenvalue weighted by molar-refractivity contribution is -0.174. The molecule has 0 radical (unpaired) electrons. The number of para-hydroxylation sites is 1. The summed E-state index contributed by atoms with van der Waals surface area (Å²) in [4.78, 5) is 34.9. The van der Waals surface area contributed by atoms with Gasteiger partial charge in [-0.25, -0.2) is 9.78 Å². The van der Waals surface area contributed by atoms with Crippen LogP contribution in [0.25, 0.3) is 11.2 Å². The first kappa shape index (κ1) is 27.0. The van der Waals surface area contributed by atoms with Gasteiger partial charge in [-0.3, -0.25) is 14.3 Å². The van der Waals surface area contributed by atoms with Gasteiger partial charge in [0.15, 0.2) is 24.0 Å². The minimum absolute atomic E-state index is 0.00567. The van der Waals surface area contributed by atoms with Gasteiger partial charge < -0.3 is 39.3 Å². The molecule has 202 valence electrons. The van der Waals surface area contributed by atoms with E-state index in [1.165, 1.54) is 10.9 Å². The van der Waals surface area contributed by atoms with Gasteiger partial charge in [0.05, 0.1) is 25.4 Å². The Balaban J connectivity index is 1.42. The first-order valence-corrected chi connectivity index (χ1v) is 11.5. The molecule has 1 fully saturated rings. The van der Waals surface area contributed by atoms with Gasteiger partial charge in [0, 0.05) is 0 Å². The number of carbonyl (C=O) groups is 1. The van der Waals surface area contributed by atoms with Crippen LogP contribution in [0.5, 0.6) is 5.75 Å². The summed E-state index contributed by atoms with van der Waals surface area (Å²) in [6.07, 6.45) is -2.85. The monoisotopic (exact) mass is 530 g/mol. The fourth-order valence-corrected chi connectivity index (χ4v) is 3.66. The highest BCUT2D eigenvalue weighted by molar-refractivity contribution is 5.71. The maximum Gasteiger partial charge on any atom is 0.344 e. The Hall–Kier alpha value is -4.07. The molecule has 1 aliphatic rings. The molecule has 15 heteroatoms. The van der Waals surface area contributed by atoms with Crippen molar-refractivity contribution in [3.63, 3.8) is 0 Å². The van der Waals surface area contributed by atoms with E-state index in [1.54, 1.807) is 24.3 Å². The van der Waals surface area contributed by atoms with Crippen molar-refractivity contribution in [2.45, 2.75) is 31.0 Å². The molecular formula is C23H26N6O9. The predicted molar refractivity (Wildman–Crippen MR) is 127 cm³/mol. The van der Waals surface area contributed by atoms with E-state index in [4.69, 9.17) is 39.4 Å². The van der Waals surface area contributed by atoms with Crippen molar-refractivity contribution in [2.75, 3.05) is 39.1 Å². The number of ether oxygens (including phenoxy) is 6. The molecule has 4 N–H and O–H groups in total. The van der Waals surface area contributed by atoms with E-state index in [1.807, 2.05) is 12.1 Å². The van der Waals surface area contributed by atoms with E-state index in [9.17, 15) is 14.7 Å². The van der Waals surface area contributed by atoms with Crippen LogP contribution in [-0.2, 0) is 28.5 Å². The van der Waals surface area contributed by atoms with Crippen molar-refractivity contribution in [1.82, 2.24) is 19.5 Å². The molecule has 0 saturated carbocycles. The number of hydrogen-bond donors (Lipinski definition) is 3. The molecule has 0 amide bonds. The van der Waals surface area contributed by atoms with Gasteiger partial charge in [0.2, 0.25) is 5.95 Å². The Morgan fingerprint density at radius 1 is 1.26 bits per heavy atom. The second-order valence-corrected chi connectivity index (χ2v) is 8.00. The summed E-state index contributed by atoms with van der Waals surface area (Å²) in [5.74, 6) is -0.306. The number of nitrogens with one attached hydrogen (secondary N) is 1. The normalized spacial score (nSPS) is 20.8. The Kier molecular flexibility index (Phi) is 9.19. The molecule has 15 nitrogen and oxygen atoms in total. The van der Waals surface area contributed by atoms with Crippen molar-refractivity contribution in [1.29, 1.82) is 5.26 Å². The summed E-state index contributed by atoms with van der Waals surface area (Å²) in [6.45, 7) is -0.893. The minimum Gasteiger partial charge on any atom is -0.482 e. The van der Waals surface area contributed by atoms with Crippen LogP contribution >= 0.6 is 0 Å². The summed E-state index contributed by atoms with van der Waals surface area (Å²) in [7, 11) is 0. The average molecular weight is 530 g/mol. The first-order chi connectivity index (χ1) is 18.5. The van der Waals surface area contributed by atoms with Gasteiger partial charge in [0.25, 0.3) is 5.56 Å². The van der Waals surface area contributed by atoms with Crippen LogP contribution in [0, 0.1) is 11.3 Å². The van der Waals surface area contributed by atoms with Crippen LogP contribution in [0.3, 0.4) is 0 Å². The number of H-pyrrole nitrogens is 1. The molecule has 2 aromatic heterocycles. The molecular weight excluding hydrogens is 504 g/mol. The molecule has 3 aromatic rings. The summed E-state index contributed by atoms with van der Waals surface area (Å²) >= 11 is 0. The molecule has 0 spiro atoms. The van der Waals surface area contributed by atoms with E-state index in [2.05, 4.69) is 15.0 Å². The van der Waals surface area contributed by atoms with Crippen LogP contribution in [-0.4, -0.2) is 82.3 Å². The fraction of sp³-hybridized carbons (Fsp3) is 0.435. The highest BCUT2D eigenvalue weighted by atomic mass is 16.7. The molecule has 0 unspecified atom stereocenters. The van der Waals surface area contributed by atoms with Crippen molar-refractivity contribution in [2.24, 2.45) is 0 Å². The van der Waals surface area contributed by atoms with Crippen LogP contribution in [0.2, 0.25) is 0 Å². The number of imidazole rings is 1. The number of esters is 1. The number of aliphatic hydroxyl groups is 1. The second kappa shape index (κ2) is 12.9. The lowest BCUT2D eigenvalue weighted by Crippen LogP contribution is -2.37. The first-order valence-electron chi connectivity index (χ1n) is 11.5. The number of nitrogens with zero attached hydrogens (tertiary/aromatic N) is 4. The third-order valence-corrected chi connectivity index (χ3v) is 5.41. The number of aromatic amines is 1. The topological polar surface area (TPSA) is 206 Å². The second-order valence-electron chi connectivity index (χ2n) is 8.00. The average Bonchev–Trinajstić information content (AvgIpc) is 3.47. The number of aliphatic hydroxyl groups excluding tert-OH is 1. The number of aromatic nitrogens is 4. The fourth-order valence-electron chi connectivity index (χ4n) is 3.66. The number of benzene rings is 1. The Bertz CT molecular complexity index is 1310. The molecule has 4 atom stereocenters. The lowest BCUT2D eigenvalue weighted by Gasteiger charge is -2.22. The van der Waals surface area contributed by atoms with Gasteiger partial charge in [-0.2, -0.15) is 10.2 Å². The van der Waals surface area contributed by atoms with Crippen LogP contribution < -0.4 is 16.0 Å².